The molecule has 2 aliphatic heterocycles. The van der Waals surface area contributed by atoms with Gasteiger partial charge in [-0.05, 0) is 50.3 Å². The van der Waals surface area contributed by atoms with E-state index in [1.165, 1.54) is 19.4 Å². The number of hydrogen-bond donors (Lipinski definition) is 1. The average molecular weight is 262 g/mol. The second-order valence-corrected chi connectivity index (χ2v) is 6.06. The van der Waals surface area contributed by atoms with Crippen LogP contribution < -0.4 is 5.32 Å². The minimum absolute atomic E-state index is 0.0657. The second-order valence-electron chi connectivity index (χ2n) is 6.06. The first kappa shape index (κ1) is 13.1. The maximum absolute atomic E-state index is 13.7. The van der Waals surface area contributed by atoms with Crippen LogP contribution in [0.15, 0.2) is 24.3 Å². The van der Waals surface area contributed by atoms with Crippen LogP contribution in [0.4, 0.5) is 4.39 Å². The predicted octanol–water partition coefficient (Wildman–Crippen LogP) is 2.44. The summed E-state index contributed by atoms with van der Waals surface area (Å²) in [6, 6.07) is 8.25. The Morgan fingerprint density at radius 3 is 3.00 bits per heavy atom. The van der Waals surface area contributed by atoms with Gasteiger partial charge in [0.1, 0.15) is 5.82 Å². The van der Waals surface area contributed by atoms with Gasteiger partial charge in [0, 0.05) is 25.2 Å². The third kappa shape index (κ3) is 2.82. The van der Waals surface area contributed by atoms with Crippen LogP contribution in [0, 0.1) is 11.7 Å². The van der Waals surface area contributed by atoms with E-state index in [2.05, 4.69) is 17.1 Å². The fraction of sp³-hybridized carbons (Fsp3) is 0.625. The lowest BCUT2D eigenvalue weighted by Gasteiger charge is -2.25. The molecule has 2 nitrogen and oxygen atoms in total. The largest absolute Gasteiger partial charge is 0.312 e. The molecule has 0 bridgehead atoms. The summed E-state index contributed by atoms with van der Waals surface area (Å²) in [5, 5.41) is 3.63. The number of hydrogen-bond acceptors (Lipinski definition) is 2. The summed E-state index contributed by atoms with van der Waals surface area (Å²) in [6.07, 6.45) is 3.46. The molecule has 1 unspecified atom stereocenters. The molecule has 0 aromatic heterocycles. The van der Waals surface area contributed by atoms with E-state index in [0.717, 1.165) is 31.0 Å². The lowest BCUT2D eigenvalue weighted by atomic mass is 9.94. The van der Waals surface area contributed by atoms with Crippen LogP contribution in [-0.2, 0) is 6.42 Å². The summed E-state index contributed by atoms with van der Waals surface area (Å²) in [6.45, 7) is 5.69. The highest BCUT2D eigenvalue weighted by Gasteiger charge is 2.35. The van der Waals surface area contributed by atoms with Crippen molar-refractivity contribution in [2.45, 2.75) is 38.3 Å². The van der Waals surface area contributed by atoms with Gasteiger partial charge in [-0.1, -0.05) is 18.2 Å². The van der Waals surface area contributed by atoms with Crippen molar-refractivity contribution in [2.75, 3.05) is 19.6 Å². The molecule has 1 aromatic carbocycles. The Labute approximate surface area is 115 Å². The molecule has 3 rings (SSSR count). The zero-order valence-corrected chi connectivity index (χ0v) is 11.6. The van der Waals surface area contributed by atoms with E-state index in [4.69, 9.17) is 0 Å². The summed E-state index contributed by atoms with van der Waals surface area (Å²) >= 11 is 0. The normalized spacial score (nSPS) is 29.2. The van der Waals surface area contributed by atoms with Crippen LogP contribution in [0.5, 0.6) is 0 Å². The first-order valence-corrected chi connectivity index (χ1v) is 7.45. The van der Waals surface area contributed by atoms with Crippen molar-refractivity contribution in [2.24, 2.45) is 5.92 Å². The molecule has 104 valence electrons. The van der Waals surface area contributed by atoms with Gasteiger partial charge in [0.15, 0.2) is 0 Å². The number of piperidine rings is 1. The molecule has 1 N–H and O–H groups in total. The van der Waals surface area contributed by atoms with Crippen molar-refractivity contribution >= 4 is 0 Å². The van der Waals surface area contributed by atoms with Crippen molar-refractivity contribution in [3.05, 3.63) is 35.6 Å². The van der Waals surface area contributed by atoms with Gasteiger partial charge < -0.3 is 5.32 Å². The van der Waals surface area contributed by atoms with Gasteiger partial charge in [0.05, 0.1) is 0 Å². The molecule has 1 aromatic rings. The van der Waals surface area contributed by atoms with Gasteiger partial charge in [-0.25, -0.2) is 4.39 Å². The van der Waals surface area contributed by atoms with Crippen molar-refractivity contribution in [1.29, 1.82) is 0 Å². The maximum Gasteiger partial charge on any atom is 0.126 e. The molecule has 19 heavy (non-hydrogen) atoms. The minimum Gasteiger partial charge on any atom is -0.312 e. The number of rotatable bonds is 3. The molecule has 0 radical (unpaired) electrons. The number of likely N-dealkylation sites (tertiary alicyclic amines) is 1. The molecule has 0 spiro atoms. The fourth-order valence-corrected chi connectivity index (χ4v) is 3.55. The third-order valence-corrected chi connectivity index (χ3v) is 4.72. The van der Waals surface area contributed by atoms with Crippen molar-refractivity contribution < 1.29 is 4.39 Å². The summed E-state index contributed by atoms with van der Waals surface area (Å²) < 4.78 is 13.7. The first-order valence-electron chi connectivity index (χ1n) is 7.45. The van der Waals surface area contributed by atoms with E-state index in [1.54, 1.807) is 12.1 Å². The van der Waals surface area contributed by atoms with E-state index >= 15 is 0 Å². The Morgan fingerprint density at radius 1 is 1.37 bits per heavy atom. The number of halogens is 1. The van der Waals surface area contributed by atoms with Gasteiger partial charge in [-0.2, -0.15) is 0 Å². The number of benzene rings is 1. The van der Waals surface area contributed by atoms with E-state index in [9.17, 15) is 4.39 Å². The van der Waals surface area contributed by atoms with Crippen LogP contribution in [0.25, 0.3) is 0 Å². The molecule has 0 aliphatic carbocycles. The molecular formula is C16H23FN2. The average Bonchev–Trinajstić information content (AvgIpc) is 2.85. The third-order valence-electron chi connectivity index (χ3n) is 4.72. The summed E-state index contributed by atoms with van der Waals surface area (Å²) in [4.78, 5) is 2.53. The quantitative estimate of drug-likeness (QED) is 0.900. The van der Waals surface area contributed by atoms with Crippen LogP contribution in [-0.4, -0.2) is 36.6 Å². The van der Waals surface area contributed by atoms with Crippen molar-refractivity contribution in [3.63, 3.8) is 0 Å². The van der Waals surface area contributed by atoms with Gasteiger partial charge in [0.25, 0.3) is 0 Å². The molecule has 3 heteroatoms. The monoisotopic (exact) mass is 262 g/mol. The molecular weight excluding hydrogens is 239 g/mol. The van der Waals surface area contributed by atoms with E-state index in [1.807, 2.05) is 12.1 Å². The van der Waals surface area contributed by atoms with Gasteiger partial charge in [0.2, 0.25) is 0 Å². The molecule has 3 atom stereocenters. The standard InChI is InChI=1S/C16H23FN2/c1-12(9-13-5-2-3-7-15(13)17)19-10-14-6-4-8-18-16(14)11-19/h2-3,5,7,12,14,16,18H,4,6,8-11H2,1H3/t12?,14-,16+/m0/s1. The smallest absolute Gasteiger partial charge is 0.126 e. The highest BCUT2D eigenvalue weighted by atomic mass is 19.1. The first-order chi connectivity index (χ1) is 9.24. The maximum atomic E-state index is 13.7. The lowest BCUT2D eigenvalue weighted by molar-refractivity contribution is 0.244. The Morgan fingerprint density at radius 2 is 2.21 bits per heavy atom. The lowest BCUT2D eigenvalue weighted by Crippen LogP contribution is -2.41. The molecule has 2 saturated heterocycles. The van der Waals surface area contributed by atoms with Crippen LogP contribution in [0.1, 0.15) is 25.3 Å². The van der Waals surface area contributed by atoms with Crippen LogP contribution >= 0.6 is 0 Å². The molecule has 2 fully saturated rings. The number of nitrogens with one attached hydrogen (secondary N) is 1. The van der Waals surface area contributed by atoms with Crippen LogP contribution in [0.3, 0.4) is 0 Å². The highest BCUT2D eigenvalue weighted by molar-refractivity contribution is 5.18. The Bertz CT molecular complexity index is 421. The fourth-order valence-electron chi connectivity index (χ4n) is 3.55. The Hall–Kier alpha value is -0.930. The summed E-state index contributed by atoms with van der Waals surface area (Å²) in [7, 11) is 0. The molecule has 0 saturated carbocycles. The van der Waals surface area contributed by atoms with Crippen molar-refractivity contribution in [1.82, 2.24) is 10.2 Å². The van der Waals surface area contributed by atoms with Crippen LogP contribution in [0.2, 0.25) is 0 Å². The SMILES string of the molecule is CC(Cc1ccccc1F)N1C[C@@H]2CCCN[C@@H]2C1. The second kappa shape index (κ2) is 5.59. The molecule has 0 amide bonds. The zero-order chi connectivity index (χ0) is 13.2. The number of fused-ring (bicyclic) bond motifs is 1. The Kier molecular flexibility index (Phi) is 3.85. The minimum atomic E-state index is -0.0657. The van der Waals surface area contributed by atoms with E-state index < -0.39 is 0 Å². The summed E-state index contributed by atoms with van der Waals surface area (Å²) in [5.41, 5.74) is 0.845. The molecule has 2 aliphatic rings. The summed E-state index contributed by atoms with van der Waals surface area (Å²) in [5.74, 6) is 0.737. The van der Waals surface area contributed by atoms with E-state index in [0.29, 0.717) is 12.1 Å². The highest BCUT2D eigenvalue weighted by Crippen LogP contribution is 2.27. The zero-order valence-electron chi connectivity index (χ0n) is 11.6. The van der Waals surface area contributed by atoms with E-state index in [-0.39, 0.29) is 5.82 Å². The topological polar surface area (TPSA) is 15.3 Å². The van der Waals surface area contributed by atoms with Gasteiger partial charge >= 0.3 is 0 Å². The number of nitrogens with zero attached hydrogens (tertiary/aromatic N) is 1. The van der Waals surface area contributed by atoms with Gasteiger partial charge in [-0.3, -0.25) is 4.90 Å². The van der Waals surface area contributed by atoms with Gasteiger partial charge in [-0.15, -0.1) is 0 Å². The Balaban J connectivity index is 1.62. The predicted molar refractivity (Wildman–Crippen MR) is 75.7 cm³/mol. The van der Waals surface area contributed by atoms with Crippen molar-refractivity contribution in [3.8, 4) is 0 Å². The molecule has 2 heterocycles.